The third-order valence-electron chi connectivity index (χ3n) is 4.15. The van der Waals surface area contributed by atoms with Gasteiger partial charge in [0.05, 0.1) is 48.6 Å². The lowest BCUT2D eigenvalue weighted by atomic mass is 10.1. The number of hydrogen-bond donors (Lipinski definition) is 2. The largest absolute Gasteiger partial charge is 0.496 e. The number of carbonyl (C=O) groups excluding carboxylic acids is 3. The normalized spacial score (nSPS) is 10.7. The molecule has 166 valence electrons. The van der Waals surface area contributed by atoms with Crippen LogP contribution in [0.1, 0.15) is 38.0 Å². The van der Waals surface area contributed by atoms with Crippen molar-refractivity contribution in [3.8, 4) is 5.75 Å². The van der Waals surface area contributed by atoms with E-state index in [1.165, 1.54) is 38.5 Å². The van der Waals surface area contributed by atoms with Crippen LogP contribution in [-0.2, 0) is 19.5 Å². The summed E-state index contributed by atoms with van der Waals surface area (Å²) < 4.78 is 42.7. The molecule has 0 aliphatic rings. The number of anilines is 1. The molecule has 0 atom stereocenters. The average molecular weight is 450 g/mol. The van der Waals surface area contributed by atoms with E-state index in [9.17, 15) is 22.8 Å². The molecule has 0 saturated heterocycles. The van der Waals surface area contributed by atoms with Crippen molar-refractivity contribution in [2.75, 3.05) is 32.6 Å². The summed E-state index contributed by atoms with van der Waals surface area (Å²) in [7, 11) is -0.612. The molecule has 2 N–H and O–H groups in total. The maximum atomic E-state index is 13.0. The number of methoxy groups -OCH3 is 3. The Morgan fingerprint density at radius 3 is 2.16 bits per heavy atom. The zero-order chi connectivity index (χ0) is 23.2. The second kappa shape index (κ2) is 9.94. The Hall–Kier alpha value is -3.60. The van der Waals surface area contributed by atoms with Crippen LogP contribution < -0.4 is 14.8 Å². The Kier molecular flexibility index (Phi) is 7.59. The van der Waals surface area contributed by atoms with E-state index in [0.29, 0.717) is 6.54 Å². The van der Waals surface area contributed by atoms with Gasteiger partial charge in [-0.2, -0.15) is 0 Å². The molecule has 2 rings (SSSR count). The van der Waals surface area contributed by atoms with Crippen molar-refractivity contribution in [2.24, 2.45) is 0 Å². The number of hydrogen-bond acceptors (Lipinski definition) is 8. The second-order valence-corrected chi connectivity index (χ2v) is 7.75. The molecule has 0 aliphatic heterocycles. The van der Waals surface area contributed by atoms with Crippen molar-refractivity contribution in [3.63, 3.8) is 0 Å². The summed E-state index contributed by atoms with van der Waals surface area (Å²) in [4.78, 5) is 35.9. The Labute approximate surface area is 179 Å². The Morgan fingerprint density at radius 2 is 1.58 bits per heavy atom. The first-order valence-electron chi connectivity index (χ1n) is 8.98. The van der Waals surface area contributed by atoms with Crippen LogP contribution in [0.2, 0.25) is 0 Å². The number of sulfonamides is 1. The standard InChI is InChI=1S/C20H22N2O8S/c1-5-21-18(23)15-11-13(7-9-17(15)28-2)31(26,27)22-16-10-12(19(24)29-3)6-8-14(16)20(25)30-4/h6-11,22H,5H2,1-4H3,(H,21,23). The van der Waals surface area contributed by atoms with Gasteiger partial charge in [0.2, 0.25) is 0 Å². The first kappa shape index (κ1) is 23.7. The molecule has 10 nitrogen and oxygen atoms in total. The highest BCUT2D eigenvalue weighted by atomic mass is 32.2. The summed E-state index contributed by atoms with van der Waals surface area (Å²) in [5, 5.41) is 2.58. The van der Waals surface area contributed by atoms with Crippen molar-refractivity contribution in [3.05, 3.63) is 53.1 Å². The zero-order valence-electron chi connectivity index (χ0n) is 17.3. The van der Waals surface area contributed by atoms with Gasteiger partial charge in [0, 0.05) is 6.54 Å². The van der Waals surface area contributed by atoms with Crippen LogP contribution in [0.15, 0.2) is 41.3 Å². The molecule has 0 aromatic heterocycles. The van der Waals surface area contributed by atoms with E-state index in [4.69, 9.17) is 4.74 Å². The number of carbonyl (C=O) groups is 3. The minimum Gasteiger partial charge on any atom is -0.496 e. The van der Waals surface area contributed by atoms with Crippen LogP contribution in [0, 0.1) is 0 Å². The number of nitrogens with one attached hydrogen (secondary N) is 2. The predicted octanol–water partition coefficient (Wildman–Crippen LogP) is 1.82. The zero-order valence-corrected chi connectivity index (χ0v) is 18.2. The molecular formula is C20H22N2O8S. The summed E-state index contributed by atoms with van der Waals surface area (Å²) in [6, 6.07) is 7.43. The number of benzene rings is 2. The molecule has 0 aliphatic carbocycles. The lowest BCUT2D eigenvalue weighted by molar-refractivity contribution is 0.0587. The van der Waals surface area contributed by atoms with Gasteiger partial charge in [-0.25, -0.2) is 18.0 Å². The van der Waals surface area contributed by atoms with Crippen molar-refractivity contribution in [2.45, 2.75) is 11.8 Å². The van der Waals surface area contributed by atoms with Crippen LogP contribution in [0.4, 0.5) is 5.69 Å². The third-order valence-corrected chi connectivity index (χ3v) is 5.52. The molecule has 0 bridgehead atoms. The summed E-state index contributed by atoms with van der Waals surface area (Å²) in [5.41, 5.74) is -0.268. The van der Waals surface area contributed by atoms with Crippen molar-refractivity contribution in [1.82, 2.24) is 5.32 Å². The van der Waals surface area contributed by atoms with Gasteiger partial charge < -0.3 is 19.5 Å². The predicted molar refractivity (Wildman–Crippen MR) is 111 cm³/mol. The maximum absolute atomic E-state index is 13.0. The first-order valence-corrected chi connectivity index (χ1v) is 10.5. The van der Waals surface area contributed by atoms with E-state index in [1.807, 2.05) is 0 Å². The fourth-order valence-electron chi connectivity index (χ4n) is 2.65. The van der Waals surface area contributed by atoms with Crippen LogP contribution in [0.5, 0.6) is 5.75 Å². The minimum absolute atomic E-state index is 0.0173. The van der Waals surface area contributed by atoms with E-state index in [0.717, 1.165) is 19.2 Å². The van der Waals surface area contributed by atoms with E-state index in [1.54, 1.807) is 6.92 Å². The minimum atomic E-state index is -4.27. The molecule has 2 aromatic rings. The molecule has 0 spiro atoms. The van der Waals surface area contributed by atoms with E-state index in [2.05, 4.69) is 19.5 Å². The topological polar surface area (TPSA) is 137 Å². The monoisotopic (exact) mass is 450 g/mol. The van der Waals surface area contributed by atoms with Crippen molar-refractivity contribution < 1.29 is 37.0 Å². The summed E-state index contributed by atoms with van der Waals surface area (Å²) in [6.45, 7) is 2.05. The summed E-state index contributed by atoms with van der Waals surface area (Å²) in [5.74, 6) is -1.86. The quantitative estimate of drug-likeness (QED) is 0.581. The van der Waals surface area contributed by atoms with Gasteiger partial charge in [-0.05, 0) is 43.3 Å². The summed E-state index contributed by atoms with van der Waals surface area (Å²) >= 11 is 0. The molecular weight excluding hydrogens is 428 g/mol. The lowest BCUT2D eigenvalue weighted by Crippen LogP contribution is -2.24. The third kappa shape index (κ3) is 5.31. The fraction of sp³-hybridized carbons (Fsp3) is 0.250. The molecule has 0 radical (unpaired) electrons. The molecule has 2 aromatic carbocycles. The smallest absolute Gasteiger partial charge is 0.339 e. The molecule has 0 fully saturated rings. The van der Waals surface area contributed by atoms with Gasteiger partial charge in [0.15, 0.2) is 0 Å². The molecule has 0 unspecified atom stereocenters. The Bertz CT molecular complexity index is 1110. The van der Waals surface area contributed by atoms with Gasteiger partial charge in [-0.3, -0.25) is 9.52 Å². The Morgan fingerprint density at radius 1 is 0.903 bits per heavy atom. The van der Waals surface area contributed by atoms with Crippen LogP contribution >= 0.6 is 0 Å². The Balaban J connectivity index is 2.55. The number of amides is 1. The highest BCUT2D eigenvalue weighted by molar-refractivity contribution is 7.92. The molecule has 1 amide bonds. The molecule has 31 heavy (non-hydrogen) atoms. The molecule has 0 saturated carbocycles. The van der Waals surface area contributed by atoms with Gasteiger partial charge >= 0.3 is 11.9 Å². The highest BCUT2D eigenvalue weighted by Gasteiger charge is 2.23. The molecule has 0 heterocycles. The second-order valence-electron chi connectivity index (χ2n) is 6.07. The van der Waals surface area contributed by atoms with Crippen LogP contribution in [0.25, 0.3) is 0 Å². The van der Waals surface area contributed by atoms with E-state index >= 15 is 0 Å². The SMILES string of the molecule is CCNC(=O)c1cc(S(=O)(=O)Nc2cc(C(=O)OC)ccc2C(=O)OC)ccc1OC. The number of rotatable bonds is 8. The van der Waals surface area contributed by atoms with Gasteiger partial charge in [0.1, 0.15) is 5.75 Å². The van der Waals surface area contributed by atoms with Crippen LogP contribution in [0.3, 0.4) is 0 Å². The van der Waals surface area contributed by atoms with Crippen molar-refractivity contribution >= 4 is 33.6 Å². The number of esters is 2. The van der Waals surface area contributed by atoms with E-state index in [-0.39, 0.29) is 33.0 Å². The maximum Gasteiger partial charge on any atom is 0.339 e. The first-order chi connectivity index (χ1) is 14.7. The lowest BCUT2D eigenvalue weighted by Gasteiger charge is -2.14. The van der Waals surface area contributed by atoms with Gasteiger partial charge in [-0.1, -0.05) is 0 Å². The van der Waals surface area contributed by atoms with Crippen LogP contribution in [-0.4, -0.2) is 54.1 Å². The van der Waals surface area contributed by atoms with Gasteiger partial charge in [-0.15, -0.1) is 0 Å². The van der Waals surface area contributed by atoms with Gasteiger partial charge in [0.25, 0.3) is 15.9 Å². The van der Waals surface area contributed by atoms with E-state index < -0.39 is 27.9 Å². The fourth-order valence-corrected chi connectivity index (χ4v) is 3.75. The average Bonchev–Trinajstić information content (AvgIpc) is 2.77. The van der Waals surface area contributed by atoms with Crippen molar-refractivity contribution in [1.29, 1.82) is 0 Å². The summed E-state index contributed by atoms with van der Waals surface area (Å²) in [6.07, 6.45) is 0. The highest BCUT2D eigenvalue weighted by Crippen LogP contribution is 2.26. The number of ether oxygens (including phenoxy) is 3. The molecule has 11 heteroatoms.